The lowest BCUT2D eigenvalue weighted by atomic mass is 9.97. The van der Waals surface area contributed by atoms with E-state index in [1.165, 1.54) is 18.5 Å². The van der Waals surface area contributed by atoms with Crippen molar-refractivity contribution >= 4 is 23.7 Å². The molecule has 1 aromatic heterocycles. The monoisotopic (exact) mass is 499 g/mol. The molecule has 35 heavy (non-hydrogen) atoms. The molecule has 192 valence electrons. The Morgan fingerprint density at radius 3 is 2.54 bits per heavy atom. The van der Waals surface area contributed by atoms with Gasteiger partial charge in [-0.2, -0.15) is 13.2 Å². The van der Waals surface area contributed by atoms with Gasteiger partial charge in [-0.05, 0) is 26.0 Å². The number of hydrogen-bond acceptors (Lipinski definition) is 7. The lowest BCUT2D eigenvalue weighted by Crippen LogP contribution is -2.67. The highest BCUT2D eigenvalue weighted by atomic mass is 19.4. The van der Waals surface area contributed by atoms with Crippen LogP contribution in [0.2, 0.25) is 0 Å². The number of Topliss-reactive ketones (excluding diaryl/α,β-unsaturated/α-hetero) is 1. The molecule has 0 radical (unpaired) electrons. The smallest absolute Gasteiger partial charge is 0.410 e. The van der Waals surface area contributed by atoms with Gasteiger partial charge in [-0.3, -0.25) is 29.2 Å². The molecule has 0 unspecified atom stereocenters. The molecule has 0 aromatic carbocycles. The van der Waals surface area contributed by atoms with E-state index in [4.69, 9.17) is 4.74 Å². The van der Waals surface area contributed by atoms with Crippen LogP contribution in [0.15, 0.2) is 37.2 Å². The van der Waals surface area contributed by atoms with Gasteiger partial charge in [0.1, 0.15) is 19.2 Å². The number of aromatic nitrogens is 1. The van der Waals surface area contributed by atoms with Crippen LogP contribution in [0.1, 0.15) is 24.2 Å². The van der Waals surface area contributed by atoms with Crippen molar-refractivity contribution in [2.24, 2.45) is 0 Å². The molecule has 0 saturated carbocycles. The fraction of sp³-hybridized carbons (Fsp3) is 0.500. The standard InChI is InChI=1S/C22H28F3N5O5/c1-4-10-35-20(34)30-9-8-29(13-16(30)18(32)28-14-22(23,24)25)21(2,3)19(33)27-12-17(31)15-6-5-7-26-11-15/h4-7,11,16H,1,8-10,12-14H2,2-3H3,(H,27,33)(H,28,32)/t16-/m0/s1. The number of ether oxygens (including phenoxy) is 1. The van der Waals surface area contributed by atoms with Crippen LogP contribution >= 0.6 is 0 Å². The van der Waals surface area contributed by atoms with E-state index < -0.39 is 42.2 Å². The lowest BCUT2D eigenvalue weighted by molar-refractivity contribution is -0.145. The third kappa shape index (κ3) is 7.77. The molecule has 3 amide bonds. The molecule has 10 nitrogen and oxygen atoms in total. The molecule has 1 aliphatic heterocycles. The van der Waals surface area contributed by atoms with E-state index in [-0.39, 0.29) is 38.6 Å². The number of alkyl halides is 3. The van der Waals surface area contributed by atoms with Gasteiger partial charge in [-0.15, -0.1) is 0 Å². The average Bonchev–Trinajstić information content (AvgIpc) is 2.83. The minimum Gasteiger partial charge on any atom is -0.445 e. The number of carbonyl (C=O) groups is 4. The first-order valence-corrected chi connectivity index (χ1v) is 10.7. The van der Waals surface area contributed by atoms with Gasteiger partial charge in [0.05, 0.1) is 12.1 Å². The first-order valence-electron chi connectivity index (χ1n) is 10.7. The van der Waals surface area contributed by atoms with Crippen LogP contribution in [0, 0.1) is 0 Å². The zero-order chi connectivity index (χ0) is 26.2. The Bertz CT molecular complexity index is 939. The van der Waals surface area contributed by atoms with Crippen molar-refractivity contribution in [2.75, 3.05) is 39.3 Å². The average molecular weight is 499 g/mol. The number of hydrogen-bond donors (Lipinski definition) is 2. The highest BCUT2D eigenvalue weighted by Crippen LogP contribution is 2.22. The Morgan fingerprint density at radius 1 is 1.23 bits per heavy atom. The van der Waals surface area contributed by atoms with E-state index in [1.807, 2.05) is 0 Å². The SMILES string of the molecule is C=CCOC(=O)N1CCN(C(C)(C)C(=O)NCC(=O)c2cccnc2)C[C@H]1C(=O)NCC(F)(F)F. The summed E-state index contributed by atoms with van der Waals surface area (Å²) in [6.07, 6.45) is -1.34. The summed E-state index contributed by atoms with van der Waals surface area (Å²) in [5.74, 6) is -1.93. The number of amides is 3. The largest absolute Gasteiger partial charge is 0.445 e. The predicted octanol–water partition coefficient (Wildman–Crippen LogP) is 1.15. The summed E-state index contributed by atoms with van der Waals surface area (Å²) in [4.78, 5) is 56.6. The third-order valence-electron chi connectivity index (χ3n) is 5.44. The maximum Gasteiger partial charge on any atom is 0.410 e. The second-order valence-corrected chi connectivity index (χ2v) is 8.26. The summed E-state index contributed by atoms with van der Waals surface area (Å²) in [7, 11) is 0. The molecule has 1 aliphatic rings. The fourth-order valence-corrected chi connectivity index (χ4v) is 3.40. The van der Waals surface area contributed by atoms with Crippen LogP contribution < -0.4 is 10.6 Å². The lowest BCUT2D eigenvalue weighted by Gasteiger charge is -2.45. The minimum atomic E-state index is -4.64. The Morgan fingerprint density at radius 2 is 1.94 bits per heavy atom. The first kappa shape index (κ1) is 27.8. The number of nitrogens with one attached hydrogen (secondary N) is 2. The van der Waals surface area contributed by atoms with E-state index in [1.54, 1.807) is 36.2 Å². The van der Waals surface area contributed by atoms with Gasteiger partial charge >= 0.3 is 12.3 Å². The van der Waals surface area contributed by atoms with Crippen molar-refractivity contribution < 1.29 is 37.1 Å². The van der Waals surface area contributed by atoms with Crippen LogP contribution in [0.4, 0.5) is 18.0 Å². The summed E-state index contributed by atoms with van der Waals surface area (Å²) in [5, 5.41) is 4.33. The highest BCUT2D eigenvalue weighted by Gasteiger charge is 2.44. The van der Waals surface area contributed by atoms with E-state index in [0.717, 1.165) is 4.90 Å². The molecule has 2 heterocycles. The van der Waals surface area contributed by atoms with Gasteiger partial charge in [0.2, 0.25) is 11.8 Å². The second-order valence-electron chi connectivity index (χ2n) is 8.26. The molecular weight excluding hydrogens is 471 g/mol. The fourth-order valence-electron chi connectivity index (χ4n) is 3.40. The number of carbonyl (C=O) groups excluding carboxylic acids is 4. The Balaban J connectivity index is 2.11. The number of halogens is 3. The first-order chi connectivity index (χ1) is 16.4. The quantitative estimate of drug-likeness (QED) is 0.386. The van der Waals surface area contributed by atoms with Crippen LogP contribution in [0.25, 0.3) is 0 Å². The Hall–Kier alpha value is -3.48. The number of nitrogens with zero attached hydrogens (tertiary/aromatic N) is 3. The molecule has 2 rings (SSSR count). The molecule has 13 heteroatoms. The Kier molecular flexibility index (Phi) is 9.34. The molecule has 1 aromatic rings. The molecule has 2 N–H and O–H groups in total. The normalized spacial score (nSPS) is 16.8. The number of ketones is 1. The van der Waals surface area contributed by atoms with Crippen molar-refractivity contribution in [1.29, 1.82) is 0 Å². The van der Waals surface area contributed by atoms with Crippen LogP contribution in [0.3, 0.4) is 0 Å². The zero-order valence-electron chi connectivity index (χ0n) is 19.4. The van der Waals surface area contributed by atoms with E-state index in [0.29, 0.717) is 5.56 Å². The van der Waals surface area contributed by atoms with E-state index in [9.17, 15) is 32.3 Å². The molecule has 0 aliphatic carbocycles. The van der Waals surface area contributed by atoms with Gasteiger partial charge in [-0.1, -0.05) is 12.7 Å². The van der Waals surface area contributed by atoms with Crippen molar-refractivity contribution in [3.63, 3.8) is 0 Å². The summed E-state index contributed by atoms with van der Waals surface area (Å²) in [6.45, 7) is 4.33. The predicted molar refractivity (Wildman–Crippen MR) is 118 cm³/mol. The molecule has 1 fully saturated rings. The van der Waals surface area contributed by atoms with Gasteiger partial charge in [0.25, 0.3) is 0 Å². The maximum absolute atomic E-state index is 12.9. The molecular formula is C22H28F3N5O5. The van der Waals surface area contributed by atoms with E-state index >= 15 is 0 Å². The van der Waals surface area contributed by atoms with Crippen molar-refractivity contribution in [3.8, 4) is 0 Å². The van der Waals surface area contributed by atoms with Gasteiger partial charge in [0.15, 0.2) is 5.78 Å². The van der Waals surface area contributed by atoms with Gasteiger partial charge < -0.3 is 15.4 Å². The van der Waals surface area contributed by atoms with Crippen LogP contribution in [0.5, 0.6) is 0 Å². The van der Waals surface area contributed by atoms with Crippen LogP contribution in [-0.2, 0) is 14.3 Å². The van der Waals surface area contributed by atoms with Crippen molar-refractivity contribution in [1.82, 2.24) is 25.4 Å². The van der Waals surface area contributed by atoms with Gasteiger partial charge in [-0.25, -0.2) is 4.79 Å². The van der Waals surface area contributed by atoms with Crippen molar-refractivity contribution in [2.45, 2.75) is 31.6 Å². The third-order valence-corrected chi connectivity index (χ3v) is 5.44. The molecule has 0 bridgehead atoms. The Labute approximate surface area is 200 Å². The highest BCUT2D eigenvalue weighted by molar-refractivity contribution is 6.00. The summed E-state index contributed by atoms with van der Waals surface area (Å²) < 4.78 is 42.8. The number of piperazine rings is 1. The summed E-state index contributed by atoms with van der Waals surface area (Å²) in [6, 6.07) is 1.80. The number of pyridine rings is 1. The molecule has 0 spiro atoms. The zero-order valence-corrected chi connectivity index (χ0v) is 19.4. The minimum absolute atomic E-state index is 0.0780. The van der Waals surface area contributed by atoms with E-state index in [2.05, 4.69) is 16.9 Å². The summed E-state index contributed by atoms with van der Waals surface area (Å²) in [5.41, 5.74) is -0.937. The molecule has 1 atom stereocenters. The number of rotatable bonds is 9. The van der Waals surface area contributed by atoms with Crippen LogP contribution in [-0.4, -0.2) is 95.6 Å². The molecule has 1 saturated heterocycles. The topological polar surface area (TPSA) is 121 Å². The van der Waals surface area contributed by atoms with Crippen molar-refractivity contribution in [3.05, 3.63) is 42.7 Å². The summed E-state index contributed by atoms with van der Waals surface area (Å²) >= 11 is 0. The maximum atomic E-state index is 12.9. The van der Waals surface area contributed by atoms with Gasteiger partial charge in [0, 0.05) is 37.6 Å². The second kappa shape index (κ2) is 11.8.